The molecule has 0 aromatic carbocycles. The molecule has 12 heavy (non-hydrogen) atoms. The molecule has 0 unspecified atom stereocenters. The first kappa shape index (κ1) is 9.48. The maximum Gasteiger partial charge on any atom is 0.217 e. The minimum absolute atomic E-state index is 0.215. The van der Waals surface area contributed by atoms with E-state index in [0.29, 0.717) is 26.1 Å². The van der Waals surface area contributed by atoms with Gasteiger partial charge in [0.05, 0.1) is 0 Å². The van der Waals surface area contributed by atoms with Crippen molar-refractivity contribution in [1.29, 1.82) is 0 Å². The van der Waals surface area contributed by atoms with Gasteiger partial charge in [0.15, 0.2) is 0 Å². The van der Waals surface area contributed by atoms with Crippen LogP contribution in [0.5, 0.6) is 0 Å². The average Bonchev–Trinajstić information content (AvgIpc) is 2.03. The van der Waals surface area contributed by atoms with Gasteiger partial charge in [-0.15, -0.1) is 0 Å². The number of amides is 1. The highest BCUT2D eigenvalue weighted by atomic mass is 16.5. The highest BCUT2D eigenvalue weighted by Crippen LogP contribution is 2.22. The fraction of sp³-hybridized carbons (Fsp3) is 0.875. The van der Waals surface area contributed by atoms with Gasteiger partial charge in [-0.25, -0.2) is 0 Å². The molecule has 70 valence electrons. The largest absolute Gasteiger partial charge is 0.381 e. The van der Waals surface area contributed by atoms with E-state index in [1.165, 1.54) is 0 Å². The van der Waals surface area contributed by atoms with Crippen molar-refractivity contribution in [2.24, 2.45) is 11.5 Å². The first-order valence-corrected chi connectivity index (χ1v) is 4.27. The summed E-state index contributed by atoms with van der Waals surface area (Å²) in [4.78, 5) is 10.5. The molecule has 1 rings (SSSR count). The topological polar surface area (TPSA) is 78.3 Å². The second-order valence-corrected chi connectivity index (χ2v) is 3.44. The second-order valence-electron chi connectivity index (χ2n) is 3.44. The Bertz CT molecular complexity index is 164. The molecule has 0 aromatic rings. The summed E-state index contributed by atoms with van der Waals surface area (Å²) >= 11 is 0. The minimum atomic E-state index is -0.272. The fourth-order valence-electron chi connectivity index (χ4n) is 1.40. The molecular weight excluding hydrogens is 156 g/mol. The monoisotopic (exact) mass is 172 g/mol. The van der Waals surface area contributed by atoms with E-state index >= 15 is 0 Å². The van der Waals surface area contributed by atoms with Crippen molar-refractivity contribution >= 4 is 5.91 Å². The summed E-state index contributed by atoms with van der Waals surface area (Å²) in [5, 5.41) is 0. The number of ether oxygens (including phenoxy) is 1. The van der Waals surface area contributed by atoms with Crippen molar-refractivity contribution in [3.8, 4) is 0 Å². The molecule has 1 heterocycles. The van der Waals surface area contributed by atoms with E-state index in [9.17, 15) is 4.79 Å². The standard InChI is InChI=1S/C8H16N2O2/c9-7(11)1-2-8(10)3-5-12-6-4-8/h1-6,10H2,(H2,9,11). The van der Waals surface area contributed by atoms with Crippen LogP contribution in [-0.4, -0.2) is 24.7 Å². The Kier molecular flexibility index (Phi) is 3.05. The van der Waals surface area contributed by atoms with Crippen LogP contribution in [-0.2, 0) is 9.53 Å². The van der Waals surface area contributed by atoms with Crippen molar-refractivity contribution in [2.75, 3.05) is 13.2 Å². The van der Waals surface area contributed by atoms with Gasteiger partial charge < -0.3 is 16.2 Å². The minimum Gasteiger partial charge on any atom is -0.381 e. The number of hydrogen-bond acceptors (Lipinski definition) is 3. The fourth-order valence-corrected chi connectivity index (χ4v) is 1.40. The molecule has 0 aromatic heterocycles. The summed E-state index contributed by atoms with van der Waals surface area (Å²) < 4.78 is 5.18. The SMILES string of the molecule is NC(=O)CCC1(N)CCOCC1. The highest BCUT2D eigenvalue weighted by Gasteiger charge is 2.27. The third kappa shape index (κ3) is 2.79. The van der Waals surface area contributed by atoms with Crippen LogP contribution in [0, 0.1) is 0 Å². The molecule has 4 nitrogen and oxygen atoms in total. The lowest BCUT2D eigenvalue weighted by atomic mass is 9.86. The molecule has 1 saturated heterocycles. The Morgan fingerprint density at radius 1 is 1.42 bits per heavy atom. The van der Waals surface area contributed by atoms with E-state index in [-0.39, 0.29) is 11.4 Å². The molecule has 4 heteroatoms. The lowest BCUT2D eigenvalue weighted by Gasteiger charge is -2.32. The molecule has 1 aliphatic rings. The van der Waals surface area contributed by atoms with Crippen LogP contribution in [0.2, 0.25) is 0 Å². The number of nitrogens with two attached hydrogens (primary N) is 2. The Balaban J connectivity index is 2.31. The number of carbonyl (C=O) groups excluding carboxylic acids is 1. The Labute approximate surface area is 72.2 Å². The zero-order valence-electron chi connectivity index (χ0n) is 7.21. The van der Waals surface area contributed by atoms with Gasteiger partial charge in [0.1, 0.15) is 0 Å². The molecule has 0 atom stereocenters. The summed E-state index contributed by atoms with van der Waals surface area (Å²) in [6.45, 7) is 1.41. The van der Waals surface area contributed by atoms with E-state index in [4.69, 9.17) is 16.2 Å². The van der Waals surface area contributed by atoms with Crippen molar-refractivity contribution in [2.45, 2.75) is 31.2 Å². The van der Waals surface area contributed by atoms with Gasteiger partial charge in [0, 0.05) is 25.2 Å². The van der Waals surface area contributed by atoms with Crippen molar-refractivity contribution < 1.29 is 9.53 Å². The van der Waals surface area contributed by atoms with Crippen LogP contribution < -0.4 is 11.5 Å². The van der Waals surface area contributed by atoms with Gasteiger partial charge >= 0.3 is 0 Å². The summed E-state index contributed by atoms with van der Waals surface area (Å²) in [5.74, 6) is -0.272. The third-order valence-corrected chi connectivity index (χ3v) is 2.36. The van der Waals surface area contributed by atoms with Crippen LogP contribution >= 0.6 is 0 Å². The molecule has 0 spiro atoms. The number of carbonyl (C=O) groups is 1. The molecule has 1 fully saturated rings. The van der Waals surface area contributed by atoms with Gasteiger partial charge in [-0.1, -0.05) is 0 Å². The molecule has 0 aliphatic carbocycles. The molecule has 4 N–H and O–H groups in total. The molecule has 0 saturated carbocycles. The predicted molar refractivity (Wildman–Crippen MR) is 45.4 cm³/mol. The van der Waals surface area contributed by atoms with Gasteiger partial charge in [-0.3, -0.25) is 4.79 Å². The third-order valence-electron chi connectivity index (χ3n) is 2.36. The molecule has 1 amide bonds. The van der Waals surface area contributed by atoms with Crippen LogP contribution in [0.1, 0.15) is 25.7 Å². The molecule has 1 aliphatic heterocycles. The lowest BCUT2D eigenvalue weighted by Crippen LogP contribution is -2.45. The Morgan fingerprint density at radius 3 is 2.50 bits per heavy atom. The van der Waals surface area contributed by atoms with Crippen molar-refractivity contribution in [1.82, 2.24) is 0 Å². The van der Waals surface area contributed by atoms with E-state index in [2.05, 4.69) is 0 Å². The lowest BCUT2D eigenvalue weighted by molar-refractivity contribution is -0.118. The van der Waals surface area contributed by atoms with Crippen molar-refractivity contribution in [3.63, 3.8) is 0 Å². The van der Waals surface area contributed by atoms with Crippen LogP contribution in [0.4, 0.5) is 0 Å². The normalized spacial score (nSPS) is 22.1. The zero-order valence-corrected chi connectivity index (χ0v) is 7.21. The van der Waals surface area contributed by atoms with Gasteiger partial charge in [-0.2, -0.15) is 0 Å². The quantitative estimate of drug-likeness (QED) is 0.616. The summed E-state index contributed by atoms with van der Waals surface area (Å²) in [7, 11) is 0. The van der Waals surface area contributed by atoms with Gasteiger partial charge in [-0.05, 0) is 19.3 Å². The van der Waals surface area contributed by atoms with Crippen LogP contribution in [0.25, 0.3) is 0 Å². The number of rotatable bonds is 3. The molecule has 0 radical (unpaired) electrons. The first-order valence-electron chi connectivity index (χ1n) is 4.27. The average molecular weight is 172 g/mol. The second kappa shape index (κ2) is 3.87. The first-order chi connectivity index (χ1) is 5.62. The maximum atomic E-state index is 10.5. The Morgan fingerprint density at radius 2 is 2.00 bits per heavy atom. The highest BCUT2D eigenvalue weighted by molar-refractivity contribution is 5.73. The number of hydrogen-bond donors (Lipinski definition) is 2. The van der Waals surface area contributed by atoms with E-state index in [1.807, 2.05) is 0 Å². The number of primary amides is 1. The van der Waals surface area contributed by atoms with E-state index in [0.717, 1.165) is 12.8 Å². The molecule has 0 bridgehead atoms. The van der Waals surface area contributed by atoms with Crippen molar-refractivity contribution in [3.05, 3.63) is 0 Å². The summed E-state index contributed by atoms with van der Waals surface area (Å²) in [5.41, 5.74) is 10.8. The van der Waals surface area contributed by atoms with Crippen LogP contribution in [0.15, 0.2) is 0 Å². The Hall–Kier alpha value is -0.610. The summed E-state index contributed by atoms with van der Waals surface area (Å²) in [6.07, 6.45) is 2.74. The van der Waals surface area contributed by atoms with Gasteiger partial charge in [0.25, 0.3) is 0 Å². The smallest absolute Gasteiger partial charge is 0.217 e. The molecular formula is C8H16N2O2. The predicted octanol–water partition coefficient (Wildman–Crippen LogP) is -0.240. The van der Waals surface area contributed by atoms with E-state index < -0.39 is 0 Å². The van der Waals surface area contributed by atoms with Gasteiger partial charge in [0.2, 0.25) is 5.91 Å². The summed E-state index contributed by atoms with van der Waals surface area (Å²) in [6, 6.07) is 0. The zero-order chi connectivity index (χ0) is 9.03. The maximum absolute atomic E-state index is 10.5. The van der Waals surface area contributed by atoms with E-state index in [1.54, 1.807) is 0 Å². The van der Waals surface area contributed by atoms with Crippen LogP contribution in [0.3, 0.4) is 0 Å².